The van der Waals surface area contributed by atoms with Crippen LogP contribution >= 0.6 is 0 Å². The Labute approximate surface area is 126 Å². The van der Waals surface area contributed by atoms with Crippen molar-refractivity contribution in [2.24, 2.45) is 0 Å². The third-order valence-electron chi connectivity index (χ3n) is 4.76. The van der Waals surface area contributed by atoms with Gasteiger partial charge in [-0.25, -0.2) is 0 Å². The number of amides is 1. The van der Waals surface area contributed by atoms with E-state index >= 15 is 0 Å². The first-order chi connectivity index (χ1) is 10.1. The molecular weight excluding hydrogens is 270 g/mol. The Morgan fingerprint density at radius 3 is 2.52 bits per heavy atom. The number of likely N-dealkylation sites (tertiary alicyclic amines) is 2. The van der Waals surface area contributed by atoms with Crippen LogP contribution in [0.5, 0.6) is 0 Å². The number of carbonyl (C=O) groups excluding carboxylic acids is 1. The summed E-state index contributed by atoms with van der Waals surface area (Å²) in [4.78, 5) is 27.0. The number of carbonyl (C=O) groups is 2. The Morgan fingerprint density at radius 1 is 1.19 bits per heavy atom. The van der Waals surface area contributed by atoms with Gasteiger partial charge in [0.1, 0.15) is 6.04 Å². The molecule has 120 valence electrons. The molecule has 0 radical (unpaired) electrons. The number of carboxylic acids is 1. The minimum atomic E-state index is -0.666. The Kier molecular flexibility index (Phi) is 5.99. The van der Waals surface area contributed by atoms with Gasteiger partial charge in [-0.3, -0.25) is 14.5 Å². The fourth-order valence-corrected chi connectivity index (χ4v) is 3.55. The average molecular weight is 297 g/mol. The smallest absolute Gasteiger partial charge is 0.320 e. The summed E-state index contributed by atoms with van der Waals surface area (Å²) < 4.78 is 0. The zero-order valence-corrected chi connectivity index (χ0v) is 12.9. The van der Waals surface area contributed by atoms with E-state index in [2.05, 4.69) is 15.1 Å². The molecule has 2 fully saturated rings. The van der Waals surface area contributed by atoms with E-state index in [4.69, 9.17) is 0 Å². The van der Waals surface area contributed by atoms with Gasteiger partial charge in [0, 0.05) is 19.5 Å². The highest BCUT2D eigenvalue weighted by Crippen LogP contribution is 2.26. The minimum Gasteiger partial charge on any atom is -0.480 e. The molecule has 2 aliphatic rings. The summed E-state index contributed by atoms with van der Waals surface area (Å²) in [5, 5.41) is 11.9. The lowest BCUT2D eigenvalue weighted by Crippen LogP contribution is -2.49. The first-order valence-corrected chi connectivity index (χ1v) is 8.03. The monoisotopic (exact) mass is 297 g/mol. The van der Waals surface area contributed by atoms with Crippen LogP contribution in [0.1, 0.15) is 38.5 Å². The Hall–Kier alpha value is -1.14. The molecule has 0 bridgehead atoms. The quantitative estimate of drug-likeness (QED) is 0.748. The number of nitrogens with zero attached hydrogens (tertiary/aromatic N) is 2. The number of hydrogen-bond donors (Lipinski definition) is 2. The number of aliphatic carboxylic acids is 1. The molecular formula is C15H27N3O3. The van der Waals surface area contributed by atoms with Crippen LogP contribution in [-0.2, 0) is 9.59 Å². The van der Waals surface area contributed by atoms with Crippen LogP contribution < -0.4 is 5.32 Å². The number of nitrogens with one attached hydrogen (secondary N) is 1. The molecule has 0 aromatic rings. The lowest BCUT2D eigenvalue weighted by Gasteiger charge is -2.38. The molecule has 2 aliphatic heterocycles. The predicted octanol–water partition coefficient (Wildman–Crippen LogP) is 0.526. The third-order valence-corrected chi connectivity index (χ3v) is 4.76. The van der Waals surface area contributed by atoms with Gasteiger partial charge in [-0.15, -0.1) is 0 Å². The van der Waals surface area contributed by atoms with Gasteiger partial charge in [0.15, 0.2) is 0 Å². The molecule has 1 atom stereocenters. The summed E-state index contributed by atoms with van der Waals surface area (Å²) in [6.07, 6.45) is 5.37. The van der Waals surface area contributed by atoms with Crippen molar-refractivity contribution in [3.8, 4) is 0 Å². The average Bonchev–Trinajstić information content (AvgIpc) is 2.97. The lowest BCUT2D eigenvalue weighted by molar-refractivity contribution is -0.143. The van der Waals surface area contributed by atoms with Gasteiger partial charge in [-0.1, -0.05) is 0 Å². The van der Waals surface area contributed by atoms with Crippen molar-refractivity contribution >= 4 is 11.9 Å². The summed E-state index contributed by atoms with van der Waals surface area (Å²) in [5.74, 6) is -0.563. The fraction of sp³-hybridized carbons (Fsp3) is 0.867. The van der Waals surface area contributed by atoms with Crippen LogP contribution in [-0.4, -0.2) is 72.1 Å². The van der Waals surface area contributed by atoms with Crippen molar-refractivity contribution in [2.45, 2.75) is 50.6 Å². The Bertz CT molecular complexity index is 367. The lowest BCUT2D eigenvalue weighted by atomic mass is 10.0. The van der Waals surface area contributed by atoms with Gasteiger partial charge in [-0.05, 0) is 58.3 Å². The summed E-state index contributed by atoms with van der Waals surface area (Å²) in [5.41, 5.74) is 0. The summed E-state index contributed by atoms with van der Waals surface area (Å²) in [7, 11) is 1.67. The first-order valence-electron chi connectivity index (χ1n) is 8.03. The van der Waals surface area contributed by atoms with Crippen molar-refractivity contribution in [3.05, 3.63) is 0 Å². The van der Waals surface area contributed by atoms with Crippen molar-refractivity contribution in [2.75, 3.05) is 33.2 Å². The Balaban J connectivity index is 1.70. The Morgan fingerprint density at radius 2 is 1.90 bits per heavy atom. The van der Waals surface area contributed by atoms with E-state index in [0.29, 0.717) is 12.5 Å². The number of carboxylic acid groups (broad SMARTS) is 1. The van der Waals surface area contributed by atoms with Crippen molar-refractivity contribution in [3.63, 3.8) is 0 Å². The first kappa shape index (κ1) is 16.2. The molecule has 2 rings (SSSR count). The highest BCUT2D eigenvalue weighted by Gasteiger charge is 2.36. The predicted molar refractivity (Wildman–Crippen MR) is 80.1 cm³/mol. The number of rotatable bonds is 6. The van der Waals surface area contributed by atoms with Crippen molar-refractivity contribution in [1.29, 1.82) is 0 Å². The second-order valence-electron chi connectivity index (χ2n) is 6.08. The molecule has 0 aromatic heterocycles. The van der Waals surface area contributed by atoms with E-state index in [0.717, 1.165) is 58.3 Å². The molecule has 2 N–H and O–H groups in total. The number of piperidine rings is 1. The normalized spacial score (nSPS) is 25.1. The van der Waals surface area contributed by atoms with E-state index in [1.165, 1.54) is 0 Å². The highest BCUT2D eigenvalue weighted by atomic mass is 16.4. The maximum absolute atomic E-state index is 11.3. The maximum Gasteiger partial charge on any atom is 0.320 e. The topological polar surface area (TPSA) is 72.9 Å². The van der Waals surface area contributed by atoms with E-state index in [1.807, 2.05) is 0 Å². The van der Waals surface area contributed by atoms with Gasteiger partial charge in [-0.2, -0.15) is 0 Å². The highest BCUT2D eigenvalue weighted by molar-refractivity contribution is 5.75. The summed E-state index contributed by atoms with van der Waals surface area (Å²) in [6, 6.07) is 0.151. The standard InChI is InChI=1S/C15H27N3O3/c1-16-14(19)5-3-8-17-10-6-12(7-11-17)18-9-2-4-13(18)15(20)21/h12-13H,2-11H2,1H3,(H,16,19)(H,20,21). The zero-order valence-electron chi connectivity index (χ0n) is 12.9. The van der Waals surface area contributed by atoms with Crippen LogP contribution in [0.25, 0.3) is 0 Å². The molecule has 0 aromatic carbocycles. The second-order valence-corrected chi connectivity index (χ2v) is 6.08. The van der Waals surface area contributed by atoms with Crippen LogP contribution in [0.2, 0.25) is 0 Å². The SMILES string of the molecule is CNC(=O)CCCN1CCC(N2CCCC2C(=O)O)CC1. The minimum absolute atomic E-state index is 0.103. The van der Waals surface area contributed by atoms with Gasteiger partial charge in [0.2, 0.25) is 5.91 Å². The fourth-order valence-electron chi connectivity index (χ4n) is 3.55. The van der Waals surface area contributed by atoms with Gasteiger partial charge in [0.05, 0.1) is 0 Å². The molecule has 2 saturated heterocycles. The molecule has 1 unspecified atom stereocenters. The van der Waals surface area contributed by atoms with Crippen LogP contribution in [0.3, 0.4) is 0 Å². The number of hydrogen-bond acceptors (Lipinski definition) is 4. The molecule has 21 heavy (non-hydrogen) atoms. The van der Waals surface area contributed by atoms with Crippen molar-refractivity contribution in [1.82, 2.24) is 15.1 Å². The third kappa shape index (κ3) is 4.41. The molecule has 6 heteroatoms. The zero-order chi connectivity index (χ0) is 15.2. The van der Waals surface area contributed by atoms with E-state index < -0.39 is 5.97 Å². The van der Waals surface area contributed by atoms with Crippen LogP contribution in [0, 0.1) is 0 Å². The maximum atomic E-state index is 11.3. The van der Waals surface area contributed by atoms with Crippen LogP contribution in [0.4, 0.5) is 0 Å². The molecule has 6 nitrogen and oxygen atoms in total. The molecule has 0 spiro atoms. The van der Waals surface area contributed by atoms with Gasteiger partial charge >= 0.3 is 5.97 Å². The van der Waals surface area contributed by atoms with E-state index in [9.17, 15) is 14.7 Å². The van der Waals surface area contributed by atoms with E-state index in [-0.39, 0.29) is 11.9 Å². The van der Waals surface area contributed by atoms with Gasteiger partial charge < -0.3 is 15.3 Å². The molecule has 0 aliphatic carbocycles. The van der Waals surface area contributed by atoms with Crippen LogP contribution in [0.15, 0.2) is 0 Å². The summed E-state index contributed by atoms with van der Waals surface area (Å²) >= 11 is 0. The van der Waals surface area contributed by atoms with Gasteiger partial charge in [0.25, 0.3) is 0 Å². The molecule has 2 heterocycles. The summed E-state index contributed by atoms with van der Waals surface area (Å²) in [6.45, 7) is 3.92. The van der Waals surface area contributed by atoms with E-state index in [1.54, 1.807) is 7.05 Å². The largest absolute Gasteiger partial charge is 0.480 e. The second kappa shape index (κ2) is 7.75. The molecule has 0 saturated carbocycles. The van der Waals surface area contributed by atoms with Crippen molar-refractivity contribution < 1.29 is 14.7 Å². The molecule has 1 amide bonds.